The van der Waals surface area contributed by atoms with Crippen LogP contribution in [0.2, 0.25) is 0 Å². The molecule has 3 nitrogen and oxygen atoms in total. The number of ketones is 1. The van der Waals surface area contributed by atoms with Crippen molar-refractivity contribution in [3.05, 3.63) is 17.5 Å². The minimum atomic E-state index is -0.0178. The van der Waals surface area contributed by atoms with Gasteiger partial charge >= 0.3 is 0 Å². The van der Waals surface area contributed by atoms with E-state index in [9.17, 15) is 4.79 Å². The molecule has 0 radical (unpaired) electrons. The van der Waals surface area contributed by atoms with Crippen molar-refractivity contribution in [1.29, 1.82) is 0 Å². The number of carbonyl (C=O) groups is 1. The number of carbonyl (C=O) groups excluding carboxylic acids is 1. The molecule has 0 aliphatic rings. The van der Waals surface area contributed by atoms with E-state index in [2.05, 4.69) is 9.97 Å². The Morgan fingerprint density at radius 2 is 2.17 bits per heavy atom. The summed E-state index contributed by atoms with van der Waals surface area (Å²) in [5, 5.41) is 0.653. The summed E-state index contributed by atoms with van der Waals surface area (Å²) in [7, 11) is 0. The Bertz CT molecular complexity index is 312. The first kappa shape index (κ1) is 9.19. The Labute approximate surface area is 75.6 Å². The van der Waals surface area contributed by atoms with E-state index in [0.717, 1.165) is 5.69 Å². The van der Waals surface area contributed by atoms with E-state index in [-0.39, 0.29) is 5.78 Å². The minimum Gasteiger partial charge on any atom is -0.293 e. The van der Waals surface area contributed by atoms with Gasteiger partial charge in [0.2, 0.25) is 0 Å². The van der Waals surface area contributed by atoms with Gasteiger partial charge in [-0.2, -0.15) is 0 Å². The largest absolute Gasteiger partial charge is 0.293 e. The average Bonchev–Trinajstić information content (AvgIpc) is 2.03. The van der Waals surface area contributed by atoms with Crippen molar-refractivity contribution in [1.82, 2.24) is 9.97 Å². The van der Waals surface area contributed by atoms with Crippen LogP contribution in [0.1, 0.15) is 23.1 Å². The SMILES string of the molecule is CSc1nc(C)cc(C(C)=O)n1. The molecule has 0 fully saturated rings. The highest BCUT2D eigenvalue weighted by Gasteiger charge is 2.04. The highest BCUT2D eigenvalue weighted by molar-refractivity contribution is 7.98. The zero-order valence-electron chi connectivity index (χ0n) is 7.29. The molecule has 0 saturated heterocycles. The van der Waals surface area contributed by atoms with Crippen LogP contribution in [0.4, 0.5) is 0 Å². The van der Waals surface area contributed by atoms with Crippen molar-refractivity contribution in [3.63, 3.8) is 0 Å². The predicted molar refractivity (Wildman–Crippen MR) is 48.6 cm³/mol. The Morgan fingerprint density at radius 3 is 2.67 bits per heavy atom. The van der Waals surface area contributed by atoms with Gasteiger partial charge in [0.05, 0.1) is 0 Å². The molecule has 0 unspecified atom stereocenters. The number of hydrogen-bond donors (Lipinski definition) is 0. The third-order valence-electron chi connectivity index (χ3n) is 1.38. The van der Waals surface area contributed by atoms with E-state index in [1.54, 1.807) is 6.07 Å². The lowest BCUT2D eigenvalue weighted by Crippen LogP contribution is -2.00. The summed E-state index contributed by atoms with van der Waals surface area (Å²) in [5.74, 6) is -0.0178. The second-order valence-corrected chi connectivity index (χ2v) is 3.21. The van der Waals surface area contributed by atoms with Crippen LogP contribution in [0.5, 0.6) is 0 Å². The summed E-state index contributed by atoms with van der Waals surface area (Å²) >= 11 is 1.44. The van der Waals surface area contributed by atoms with Crippen LogP contribution in [0, 0.1) is 6.92 Å². The Balaban J connectivity index is 3.15. The van der Waals surface area contributed by atoms with Crippen molar-refractivity contribution in [2.45, 2.75) is 19.0 Å². The highest BCUT2D eigenvalue weighted by atomic mass is 32.2. The zero-order valence-corrected chi connectivity index (χ0v) is 8.10. The lowest BCUT2D eigenvalue weighted by molar-refractivity contribution is 0.101. The van der Waals surface area contributed by atoms with Gasteiger partial charge in [0.25, 0.3) is 0 Å². The fraction of sp³-hybridized carbons (Fsp3) is 0.375. The molecule has 4 heteroatoms. The van der Waals surface area contributed by atoms with Gasteiger partial charge in [-0.15, -0.1) is 0 Å². The lowest BCUT2D eigenvalue weighted by Gasteiger charge is -1.99. The molecule has 0 saturated carbocycles. The second kappa shape index (κ2) is 3.67. The third kappa shape index (κ3) is 2.04. The van der Waals surface area contributed by atoms with Gasteiger partial charge in [-0.1, -0.05) is 11.8 Å². The summed E-state index contributed by atoms with van der Waals surface area (Å²) in [6.45, 7) is 3.36. The fourth-order valence-corrected chi connectivity index (χ4v) is 1.24. The van der Waals surface area contributed by atoms with Crippen molar-refractivity contribution >= 4 is 17.5 Å². The number of rotatable bonds is 2. The molecule has 0 amide bonds. The highest BCUT2D eigenvalue weighted by Crippen LogP contribution is 2.10. The van der Waals surface area contributed by atoms with Crippen LogP contribution in [0.15, 0.2) is 11.2 Å². The first-order valence-electron chi connectivity index (χ1n) is 3.54. The fourth-order valence-electron chi connectivity index (χ4n) is 0.813. The number of nitrogens with zero attached hydrogens (tertiary/aromatic N) is 2. The summed E-state index contributed by atoms with van der Waals surface area (Å²) in [6.07, 6.45) is 1.89. The molecule has 1 aromatic rings. The minimum absolute atomic E-state index is 0.0178. The average molecular weight is 182 g/mol. The van der Waals surface area contributed by atoms with Gasteiger partial charge in [-0.25, -0.2) is 9.97 Å². The maximum absolute atomic E-state index is 11.0. The smallest absolute Gasteiger partial charge is 0.188 e. The lowest BCUT2D eigenvalue weighted by atomic mass is 10.3. The summed E-state index contributed by atoms with van der Waals surface area (Å²) in [4.78, 5) is 19.2. The summed E-state index contributed by atoms with van der Waals surface area (Å²) < 4.78 is 0. The van der Waals surface area contributed by atoms with Crippen LogP contribution in [0.25, 0.3) is 0 Å². The van der Waals surface area contributed by atoms with Crippen molar-refractivity contribution in [2.24, 2.45) is 0 Å². The molecular weight excluding hydrogens is 172 g/mol. The van der Waals surface area contributed by atoms with Crippen LogP contribution in [-0.2, 0) is 0 Å². The van der Waals surface area contributed by atoms with Crippen molar-refractivity contribution < 1.29 is 4.79 Å². The van der Waals surface area contributed by atoms with Crippen LogP contribution in [-0.4, -0.2) is 22.0 Å². The summed E-state index contributed by atoms with van der Waals surface area (Å²) in [5.41, 5.74) is 1.33. The maximum atomic E-state index is 11.0. The number of Topliss-reactive ketones (excluding diaryl/α,β-unsaturated/α-hetero) is 1. The van der Waals surface area contributed by atoms with E-state index in [4.69, 9.17) is 0 Å². The topological polar surface area (TPSA) is 42.9 Å². The third-order valence-corrected chi connectivity index (χ3v) is 1.92. The van der Waals surface area contributed by atoms with Crippen molar-refractivity contribution in [2.75, 3.05) is 6.26 Å². The molecule has 12 heavy (non-hydrogen) atoms. The first-order chi connectivity index (χ1) is 5.63. The quantitative estimate of drug-likeness (QED) is 0.397. The van der Waals surface area contributed by atoms with Crippen LogP contribution < -0.4 is 0 Å². The van der Waals surface area contributed by atoms with Crippen LogP contribution >= 0.6 is 11.8 Å². The Kier molecular flexibility index (Phi) is 2.81. The van der Waals surface area contributed by atoms with Crippen molar-refractivity contribution in [3.8, 4) is 0 Å². The Morgan fingerprint density at radius 1 is 1.50 bits per heavy atom. The van der Waals surface area contributed by atoms with E-state index >= 15 is 0 Å². The van der Waals surface area contributed by atoms with Gasteiger partial charge in [0, 0.05) is 12.6 Å². The van der Waals surface area contributed by atoms with Gasteiger partial charge < -0.3 is 0 Å². The van der Waals surface area contributed by atoms with E-state index < -0.39 is 0 Å². The molecule has 0 aliphatic heterocycles. The molecule has 0 atom stereocenters. The molecule has 1 aromatic heterocycles. The molecule has 0 aliphatic carbocycles. The zero-order chi connectivity index (χ0) is 9.14. The van der Waals surface area contributed by atoms with Gasteiger partial charge in [0.1, 0.15) is 5.69 Å². The molecule has 0 spiro atoms. The molecule has 0 bridgehead atoms. The molecule has 64 valence electrons. The van der Waals surface area contributed by atoms with E-state index in [1.165, 1.54) is 18.7 Å². The number of thioether (sulfide) groups is 1. The van der Waals surface area contributed by atoms with Gasteiger partial charge in [0.15, 0.2) is 10.9 Å². The monoisotopic (exact) mass is 182 g/mol. The molecule has 1 heterocycles. The Hall–Kier alpha value is -0.900. The van der Waals surface area contributed by atoms with Crippen LogP contribution in [0.3, 0.4) is 0 Å². The summed E-state index contributed by atoms with van der Waals surface area (Å²) in [6, 6.07) is 1.70. The number of hydrogen-bond acceptors (Lipinski definition) is 4. The first-order valence-corrected chi connectivity index (χ1v) is 4.76. The van der Waals surface area contributed by atoms with Gasteiger partial charge in [-0.3, -0.25) is 4.79 Å². The maximum Gasteiger partial charge on any atom is 0.188 e. The second-order valence-electron chi connectivity index (χ2n) is 2.44. The molecular formula is C8H10N2OS. The normalized spacial score (nSPS) is 9.92. The van der Waals surface area contributed by atoms with E-state index in [1.807, 2.05) is 13.2 Å². The number of aryl methyl sites for hydroxylation is 1. The standard InChI is InChI=1S/C8H10N2OS/c1-5-4-7(6(2)11)10-8(9-5)12-3/h4H,1-3H3. The van der Waals surface area contributed by atoms with E-state index in [0.29, 0.717) is 10.9 Å². The molecule has 1 rings (SSSR count). The van der Waals surface area contributed by atoms with Gasteiger partial charge in [-0.05, 0) is 19.2 Å². The predicted octanol–water partition coefficient (Wildman–Crippen LogP) is 1.71. The molecule has 0 N–H and O–H groups in total. The number of aromatic nitrogens is 2. The molecule has 0 aromatic carbocycles.